The van der Waals surface area contributed by atoms with E-state index in [-0.39, 0.29) is 11.7 Å². The molecule has 0 spiro atoms. The quantitative estimate of drug-likeness (QED) is 0.315. The first-order valence-electron chi connectivity index (χ1n) is 10.4. The molecule has 8 nitrogen and oxygen atoms in total. The van der Waals surface area contributed by atoms with Crippen molar-refractivity contribution in [3.05, 3.63) is 78.6 Å². The fourth-order valence-corrected chi connectivity index (χ4v) is 5.04. The minimum atomic E-state index is -0.157. The normalized spacial score (nSPS) is 11.0. The lowest BCUT2D eigenvalue weighted by Crippen LogP contribution is -2.14. The highest BCUT2D eigenvalue weighted by Crippen LogP contribution is 2.30. The standard InChI is InChI=1S/C24H20N6O2S2/c1-32-18-7-8-19-20(13-18)34-23(26-19)27-21(31)15-33-24-29-28-22(17-9-11-25-12-10-17)30(24)14-16-5-3-2-4-6-16/h2-13H,14-15H2,1H3,(H,26,27,31). The second-order valence-electron chi connectivity index (χ2n) is 7.30. The third-order valence-corrected chi connectivity index (χ3v) is 6.91. The maximum absolute atomic E-state index is 12.7. The van der Waals surface area contributed by atoms with E-state index in [1.54, 1.807) is 19.5 Å². The summed E-state index contributed by atoms with van der Waals surface area (Å²) < 4.78 is 8.23. The summed E-state index contributed by atoms with van der Waals surface area (Å²) in [6.45, 7) is 0.592. The van der Waals surface area contributed by atoms with Crippen molar-refractivity contribution in [2.75, 3.05) is 18.2 Å². The summed E-state index contributed by atoms with van der Waals surface area (Å²) in [7, 11) is 1.62. The molecule has 2 aromatic carbocycles. The van der Waals surface area contributed by atoms with Crippen molar-refractivity contribution in [2.45, 2.75) is 11.7 Å². The minimum Gasteiger partial charge on any atom is -0.497 e. The number of aromatic nitrogens is 5. The number of hydrogen-bond donors (Lipinski definition) is 1. The van der Waals surface area contributed by atoms with Crippen LogP contribution in [0, 0.1) is 0 Å². The van der Waals surface area contributed by atoms with Crippen LogP contribution in [0.25, 0.3) is 21.6 Å². The van der Waals surface area contributed by atoms with Gasteiger partial charge in [-0.05, 0) is 35.9 Å². The Labute approximate surface area is 204 Å². The molecule has 0 saturated heterocycles. The van der Waals surface area contributed by atoms with E-state index in [0.29, 0.717) is 16.8 Å². The largest absolute Gasteiger partial charge is 0.497 e. The number of methoxy groups -OCH3 is 1. The van der Waals surface area contributed by atoms with Crippen molar-refractivity contribution in [2.24, 2.45) is 0 Å². The topological polar surface area (TPSA) is 94.8 Å². The molecule has 34 heavy (non-hydrogen) atoms. The number of amides is 1. The molecule has 0 aliphatic rings. The van der Waals surface area contributed by atoms with Crippen molar-refractivity contribution in [3.63, 3.8) is 0 Å². The van der Waals surface area contributed by atoms with Gasteiger partial charge in [0.2, 0.25) is 5.91 Å². The van der Waals surface area contributed by atoms with Crippen LogP contribution in [0.3, 0.4) is 0 Å². The van der Waals surface area contributed by atoms with E-state index in [9.17, 15) is 4.79 Å². The number of ether oxygens (including phenoxy) is 1. The van der Waals surface area contributed by atoms with E-state index in [4.69, 9.17) is 4.74 Å². The Balaban J connectivity index is 1.32. The Hall–Kier alpha value is -3.76. The van der Waals surface area contributed by atoms with Gasteiger partial charge < -0.3 is 10.1 Å². The third kappa shape index (κ3) is 4.92. The van der Waals surface area contributed by atoms with Crippen LogP contribution in [0.5, 0.6) is 5.75 Å². The Morgan fingerprint density at radius 3 is 2.71 bits per heavy atom. The van der Waals surface area contributed by atoms with Gasteiger partial charge in [0.15, 0.2) is 16.1 Å². The van der Waals surface area contributed by atoms with E-state index in [1.807, 2.05) is 53.1 Å². The molecule has 170 valence electrons. The van der Waals surface area contributed by atoms with Crippen molar-refractivity contribution >= 4 is 44.4 Å². The first-order valence-corrected chi connectivity index (χ1v) is 12.2. The number of carbonyl (C=O) groups excluding carboxylic acids is 1. The molecule has 10 heteroatoms. The highest BCUT2D eigenvalue weighted by atomic mass is 32.2. The van der Waals surface area contributed by atoms with Gasteiger partial charge >= 0.3 is 0 Å². The summed E-state index contributed by atoms with van der Waals surface area (Å²) in [6, 6.07) is 19.5. The average molecular weight is 489 g/mol. The van der Waals surface area contributed by atoms with Crippen molar-refractivity contribution < 1.29 is 9.53 Å². The lowest BCUT2D eigenvalue weighted by molar-refractivity contribution is -0.113. The monoisotopic (exact) mass is 488 g/mol. The van der Waals surface area contributed by atoms with Gasteiger partial charge in [0.05, 0.1) is 29.6 Å². The number of hydrogen-bond acceptors (Lipinski definition) is 8. The van der Waals surface area contributed by atoms with E-state index in [1.165, 1.54) is 23.1 Å². The first-order chi connectivity index (χ1) is 16.7. The fraction of sp³-hybridized carbons (Fsp3) is 0.125. The molecule has 0 atom stereocenters. The molecule has 1 amide bonds. The SMILES string of the molecule is COc1ccc2nc(NC(=O)CSc3nnc(-c4ccncc4)n3Cc3ccccc3)sc2c1. The van der Waals surface area contributed by atoms with Crippen LogP contribution in [-0.2, 0) is 11.3 Å². The lowest BCUT2D eigenvalue weighted by atomic mass is 10.2. The molecule has 0 aliphatic carbocycles. The molecule has 3 aromatic heterocycles. The van der Waals surface area contributed by atoms with Gasteiger partial charge in [0, 0.05) is 18.0 Å². The maximum Gasteiger partial charge on any atom is 0.236 e. The second kappa shape index (κ2) is 10.0. The molecular weight excluding hydrogens is 468 g/mol. The number of nitrogens with one attached hydrogen (secondary N) is 1. The fourth-order valence-electron chi connectivity index (χ4n) is 3.39. The summed E-state index contributed by atoms with van der Waals surface area (Å²) in [4.78, 5) is 21.2. The number of anilines is 1. The first kappa shape index (κ1) is 22.1. The van der Waals surface area contributed by atoms with Gasteiger partial charge in [-0.15, -0.1) is 10.2 Å². The molecule has 0 saturated carbocycles. The zero-order chi connectivity index (χ0) is 23.3. The van der Waals surface area contributed by atoms with Gasteiger partial charge in [0.25, 0.3) is 0 Å². The molecule has 0 aliphatic heterocycles. The van der Waals surface area contributed by atoms with Gasteiger partial charge in [0.1, 0.15) is 5.75 Å². The molecule has 0 fully saturated rings. The van der Waals surface area contributed by atoms with Crippen LogP contribution in [0.2, 0.25) is 0 Å². The number of benzene rings is 2. The van der Waals surface area contributed by atoms with Crippen LogP contribution >= 0.6 is 23.1 Å². The third-order valence-electron chi connectivity index (χ3n) is 5.01. The van der Waals surface area contributed by atoms with Crippen LogP contribution in [0.1, 0.15) is 5.56 Å². The summed E-state index contributed by atoms with van der Waals surface area (Å²) >= 11 is 2.75. The number of rotatable bonds is 8. The predicted molar refractivity (Wildman–Crippen MR) is 134 cm³/mol. The van der Waals surface area contributed by atoms with Gasteiger partial charge in [-0.3, -0.25) is 14.3 Å². The molecule has 0 bridgehead atoms. The summed E-state index contributed by atoms with van der Waals surface area (Å²) in [5.74, 6) is 1.51. The minimum absolute atomic E-state index is 0.157. The van der Waals surface area contributed by atoms with Crippen LogP contribution in [0.15, 0.2) is 78.2 Å². The summed E-state index contributed by atoms with van der Waals surface area (Å²) in [6.07, 6.45) is 3.45. The Morgan fingerprint density at radius 1 is 1.09 bits per heavy atom. The second-order valence-corrected chi connectivity index (χ2v) is 9.28. The van der Waals surface area contributed by atoms with Crippen molar-refractivity contribution in [1.29, 1.82) is 0 Å². The van der Waals surface area contributed by atoms with Crippen LogP contribution in [-0.4, -0.2) is 43.5 Å². The molecule has 0 radical (unpaired) electrons. The van der Waals surface area contributed by atoms with E-state index in [0.717, 1.165) is 32.9 Å². The zero-order valence-electron chi connectivity index (χ0n) is 18.2. The number of carbonyl (C=O) groups is 1. The van der Waals surface area contributed by atoms with Gasteiger partial charge in [-0.2, -0.15) is 0 Å². The van der Waals surface area contributed by atoms with E-state index in [2.05, 4.69) is 37.6 Å². The predicted octanol–water partition coefficient (Wildman–Crippen LogP) is 4.74. The summed E-state index contributed by atoms with van der Waals surface area (Å²) in [5.41, 5.74) is 2.85. The molecule has 5 aromatic rings. The number of pyridine rings is 1. The Kier molecular flexibility index (Phi) is 6.50. The van der Waals surface area contributed by atoms with Gasteiger partial charge in [-0.25, -0.2) is 4.98 Å². The Morgan fingerprint density at radius 2 is 1.91 bits per heavy atom. The highest BCUT2D eigenvalue weighted by molar-refractivity contribution is 7.99. The van der Waals surface area contributed by atoms with E-state index >= 15 is 0 Å². The molecule has 3 heterocycles. The van der Waals surface area contributed by atoms with E-state index < -0.39 is 0 Å². The molecular formula is C24H20N6O2S2. The number of thiazole rings is 1. The van der Waals surface area contributed by atoms with Gasteiger partial charge in [-0.1, -0.05) is 53.4 Å². The number of nitrogens with zero attached hydrogens (tertiary/aromatic N) is 5. The smallest absolute Gasteiger partial charge is 0.236 e. The number of fused-ring (bicyclic) bond motifs is 1. The molecule has 5 rings (SSSR count). The highest BCUT2D eigenvalue weighted by Gasteiger charge is 2.17. The zero-order valence-corrected chi connectivity index (χ0v) is 19.8. The molecule has 0 unspecified atom stereocenters. The Bertz CT molecular complexity index is 1420. The lowest BCUT2D eigenvalue weighted by Gasteiger charge is -2.10. The van der Waals surface area contributed by atoms with Crippen LogP contribution < -0.4 is 10.1 Å². The van der Waals surface area contributed by atoms with Crippen molar-refractivity contribution in [1.82, 2.24) is 24.7 Å². The molecule has 1 N–H and O–H groups in total. The average Bonchev–Trinajstić information content (AvgIpc) is 3.46. The van der Waals surface area contributed by atoms with Crippen molar-refractivity contribution in [3.8, 4) is 17.1 Å². The number of thioether (sulfide) groups is 1. The summed E-state index contributed by atoms with van der Waals surface area (Å²) in [5, 5.41) is 12.9. The van der Waals surface area contributed by atoms with Crippen LogP contribution in [0.4, 0.5) is 5.13 Å². The maximum atomic E-state index is 12.7.